The minimum Gasteiger partial charge on any atom is -0.377 e. The van der Waals surface area contributed by atoms with Gasteiger partial charge in [0, 0.05) is 52.4 Å². The molecular weight excluding hydrogens is 278 g/mol. The van der Waals surface area contributed by atoms with Crippen LogP contribution >= 0.6 is 0 Å². The Hall–Kier alpha value is -1.17. The summed E-state index contributed by atoms with van der Waals surface area (Å²) >= 11 is 0. The Bertz CT molecular complexity index is 362. The molecule has 1 unspecified atom stereocenters. The van der Waals surface area contributed by atoms with Crippen molar-refractivity contribution in [1.82, 2.24) is 14.7 Å². The molecule has 0 bridgehead atoms. The molecule has 1 amide bonds. The maximum absolute atomic E-state index is 12.3. The van der Waals surface area contributed by atoms with E-state index in [1.165, 1.54) is 12.8 Å². The number of carbonyl (C=O) groups excluding carboxylic acids is 1. The predicted octanol–water partition coefficient (Wildman–Crippen LogP) is 0.984. The summed E-state index contributed by atoms with van der Waals surface area (Å²) in [5.74, 6) is 0.160. The summed E-state index contributed by atoms with van der Waals surface area (Å²) in [4.78, 5) is 18.8. The molecule has 2 heterocycles. The van der Waals surface area contributed by atoms with Gasteiger partial charge in [0.1, 0.15) is 0 Å². The highest BCUT2D eigenvalue weighted by molar-refractivity contribution is 5.78. The Morgan fingerprint density at radius 2 is 1.77 bits per heavy atom. The summed E-state index contributed by atoms with van der Waals surface area (Å²) in [5, 5.41) is 0. The summed E-state index contributed by atoms with van der Waals surface area (Å²) in [5.41, 5.74) is 0. The van der Waals surface area contributed by atoms with E-state index in [4.69, 9.17) is 4.74 Å². The first-order valence-electron chi connectivity index (χ1n) is 8.28. The molecule has 0 radical (unpaired) electrons. The molecule has 0 N–H and O–H groups in total. The third-order valence-electron chi connectivity index (χ3n) is 4.36. The van der Waals surface area contributed by atoms with Crippen molar-refractivity contribution in [3.63, 3.8) is 0 Å². The summed E-state index contributed by atoms with van der Waals surface area (Å²) in [6.07, 6.45) is 6.34. The van der Waals surface area contributed by atoms with Crippen LogP contribution < -0.4 is 0 Å². The molecule has 0 aromatic heterocycles. The number of amides is 1. The Labute approximate surface area is 134 Å². The summed E-state index contributed by atoms with van der Waals surface area (Å²) in [7, 11) is 0. The third kappa shape index (κ3) is 5.23. The zero-order chi connectivity index (χ0) is 15.8. The van der Waals surface area contributed by atoms with E-state index in [1.54, 1.807) is 17.1 Å². The Kier molecular flexibility index (Phi) is 7.09. The lowest BCUT2D eigenvalue weighted by molar-refractivity contribution is -0.131. The predicted molar refractivity (Wildman–Crippen MR) is 88.8 cm³/mol. The van der Waals surface area contributed by atoms with Gasteiger partial charge in [-0.15, -0.1) is 13.2 Å². The van der Waals surface area contributed by atoms with E-state index in [0.29, 0.717) is 25.7 Å². The smallest absolute Gasteiger partial charge is 0.237 e. The first-order chi connectivity index (χ1) is 10.7. The highest BCUT2D eigenvalue weighted by Crippen LogP contribution is 2.14. The van der Waals surface area contributed by atoms with Crippen LogP contribution in [0.25, 0.3) is 0 Å². The van der Waals surface area contributed by atoms with Gasteiger partial charge in [0.05, 0.1) is 12.6 Å². The monoisotopic (exact) mass is 307 g/mol. The number of rotatable bonds is 8. The molecular formula is C17H29N3O2. The fraction of sp³-hybridized carbons (Fsp3) is 0.706. The molecule has 0 aromatic carbocycles. The van der Waals surface area contributed by atoms with Crippen molar-refractivity contribution in [2.24, 2.45) is 0 Å². The van der Waals surface area contributed by atoms with Crippen molar-refractivity contribution < 1.29 is 9.53 Å². The molecule has 2 rings (SSSR count). The molecule has 5 nitrogen and oxygen atoms in total. The molecule has 2 aliphatic heterocycles. The average Bonchev–Trinajstić information content (AvgIpc) is 3.02. The van der Waals surface area contributed by atoms with Crippen LogP contribution in [0.5, 0.6) is 0 Å². The van der Waals surface area contributed by atoms with Gasteiger partial charge in [-0.05, 0) is 12.8 Å². The minimum atomic E-state index is 0.160. The van der Waals surface area contributed by atoms with Crippen molar-refractivity contribution in [2.45, 2.75) is 18.9 Å². The van der Waals surface area contributed by atoms with Gasteiger partial charge < -0.3 is 9.64 Å². The van der Waals surface area contributed by atoms with Crippen LogP contribution in [0.2, 0.25) is 0 Å². The Balaban J connectivity index is 1.70. The van der Waals surface area contributed by atoms with Crippen LogP contribution in [0.1, 0.15) is 12.8 Å². The van der Waals surface area contributed by atoms with E-state index in [9.17, 15) is 4.79 Å². The van der Waals surface area contributed by atoms with Gasteiger partial charge in [-0.2, -0.15) is 0 Å². The minimum absolute atomic E-state index is 0.160. The SMILES string of the molecule is C=CCN(CC=C)C(=O)CN1CCN(CC2CCCO2)CC1. The number of nitrogens with zero attached hydrogens (tertiary/aromatic N) is 3. The van der Waals surface area contributed by atoms with Crippen LogP contribution in [0.15, 0.2) is 25.3 Å². The van der Waals surface area contributed by atoms with Crippen molar-refractivity contribution in [1.29, 1.82) is 0 Å². The molecule has 2 aliphatic rings. The zero-order valence-electron chi connectivity index (χ0n) is 13.6. The molecule has 0 spiro atoms. The van der Waals surface area contributed by atoms with Crippen LogP contribution in [0.4, 0.5) is 0 Å². The number of carbonyl (C=O) groups is 1. The van der Waals surface area contributed by atoms with Gasteiger partial charge in [-0.3, -0.25) is 14.6 Å². The van der Waals surface area contributed by atoms with Gasteiger partial charge in [0.2, 0.25) is 5.91 Å². The van der Waals surface area contributed by atoms with Crippen LogP contribution in [-0.2, 0) is 9.53 Å². The molecule has 0 aromatic rings. The molecule has 5 heteroatoms. The van der Waals surface area contributed by atoms with Gasteiger partial charge in [-0.1, -0.05) is 12.2 Å². The third-order valence-corrected chi connectivity index (χ3v) is 4.36. The molecule has 1 atom stereocenters. The van der Waals surface area contributed by atoms with Crippen molar-refractivity contribution >= 4 is 5.91 Å². The Morgan fingerprint density at radius 1 is 1.14 bits per heavy atom. The van der Waals surface area contributed by atoms with E-state index in [1.807, 2.05) is 0 Å². The fourth-order valence-corrected chi connectivity index (χ4v) is 3.09. The topological polar surface area (TPSA) is 36.0 Å². The van der Waals surface area contributed by atoms with Crippen LogP contribution in [-0.4, -0.2) is 85.7 Å². The molecule has 0 aliphatic carbocycles. The van der Waals surface area contributed by atoms with E-state index in [2.05, 4.69) is 23.0 Å². The lowest BCUT2D eigenvalue weighted by atomic mass is 10.2. The van der Waals surface area contributed by atoms with Crippen LogP contribution in [0, 0.1) is 0 Å². The number of ether oxygens (including phenoxy) is 1. The second-order valence-electron chi connectivity index (χ2n) is 6.09. The maximum Gasteiger partial charge on any atom is 0.237 e. The molecule has 0 saturated carbocycles. The normalized spacial score (nSPS) is 23.4. The van der Waals surface area contributed by atoms with Crippen molar-refractivity contribution in [3.05, 3.63) is 25.3 Å². The number of hydrogen-bond donors (Lipinski definition) is 0. The lowest BCUT2D eigenvalue weighted by Crippen LogP contribution is -2.51. The second kappa shape index (κ2) is 9.08. The number of hydrogen-bond acceptors (Lipinski definition) is 4. The zero-order valence-corrected chi connectivity index (χ0v) is 13.6. The van der Waals surface area contributed by atoms with Gasteiger partial charge >= 0.3 is 0 Å². The van der Waals surface area contributed by atoms with Crippen molar-refractivity contribution in [3.8, 4) is 0 Å². The molecule has 2 saturated heterocycles. The quantitative estimate of drug-likeness (QED) is 0.627. The summed E-state index contributed by atoms with van der Waals surface area (Å²) < 4.78 is 5.70. The van der Waals surface area contributed by atoms with E-state index < -0.39 is 0 Å². The molecule has 2 fully saturated rings. The lowest BCUT2D eigenvalue weighted by Gasteiger charge is -2.36. The second-order valence-corrected chi connectivity index (χ2v) is 6.09. The number of piperazine rings is 1. The van der Waals surface area contributed by atoms with E-state index in [0.717, 1.165) is 39.3 Å². The average molecular weight is 307 g/mol. The fourth-order valence-electron chi connectivity index (χ4n) is 3.09. The van der Waals surface area contributed by atoms with Gasteiger partial charge in [0.15, 0.2) is 0 Å². The first-order valence-corrected chi connectivity index (χ1v) is 8.28. The van der Waals surface area contributed by atoms with Crippen molar-refractivity contribution in [2.75, 3.05) is 59.0 Å². The van der Waals surface area contributed by atoms with Crippen LogP contribution in [0.3, 0.4) is 0 Å². The summed E-state index contributed by atoms with van der Waals surface area (Å²) in [6, 6.07) is 0. The van der Waals surface area contributed by atoms with E-state index in [-0.39, 0.29) is 5.91 Å². The largest absolute Gasteiger partial charge is 0.377 e. The first kappa shape index (κ1) is 17.2. The highest BCUT2D eigenvalue weighted by atomic mass is 16.5. The Morgan fingerprint density at radius 3 is 2.32 bits per heavy atom. The van der Waals surface area contributed by atoms with Gasteiger partial charge in [0.25, 0.3) is 0 Å². The standard InChI is InChI=1S/C17H29N3O2/c1-3-7-20(8-4-2)17(21)15-19-11-9-18(10-12-19)14-16-6-5-13-22-16/h3-4,16H,1-2,5-15H2. The van der Waals surface area contributed by atoms with Gasteiger partial charge in [-0.25, -0.2) is 0 Å². The summed E-state index contributed by atoms with van der Waals surface area (Å²) in [6.45, 7) is 15.0. The molecule has 124 valence electrons. The molecule has 22 heavy (non-hydrogen) atoms. The maximum atomic E-state index is 12.3. The highest BCUT2D eigenvalue weighted by Gasteiger charge is 2.24. The van der Waals surface area contributed by atoms with E-state index >= 15 is 0 Å².